The molecule has 2 aromatic carbocycles. The summed E-state index contributed by atoms with van der Waals surface area (Å²) in [7, 11) is 2.88. The van der Waals surface area contributed by atoms with E-state index in [2.05, 4.69) is 9.69 Å². The van der Waals surface area contributed by atoms with Crippen LogP contribution in [-0.4, -0.2) is 42.9 Å². The highest BCUT2D eigenvalue weighted by Gasteiger charge is 2.37. The van der Waals surface area contributed by atoms with Crippen LogP contribution in [0.2, 0.25) is 0 Å². The molecule has 202 valence electrons. The zero-order chi connectivity index (χ0) is 28.0. The number of nitrogens with one attached hydrogen (secondary N) is 1. The average molecular weight is 544 g/mol. The van der Waals surface area contributed by atoms with Gasteiger partial charge in [-0.05, 0) is 53.7 Å². The van der Waals surface area contributed by atoms with Gasteiger partial charge < -0.3 is 26.3 Å². The first-order valence-electron chi connectivity index (χ1n) is 11.7. The number of hydrogen-bond acceptors (Lipinski definition) is 8. The number of hydrogen-bond donors (Lipinski definition) is 3. The molecule has 0 saturated heterocycles. The monoisotopic (exact) mass is 543 g/mol. The van der Waals surface area contributed by atoms with E-state index in [1.165, 1.54) is 43.4 Å². The molecule has 0 spiro atoms. The number of primary amides is 1. The molecule has 38 heavy (non-hydrogen) atoms. The molecule has 10 nitrogen and oxygen atoms in total. The summed E-state index contributed by atoms with van der Waals surface area (Å²) in [4.78, 5) is 40.7. The zero-order valence-electron chi connectivity index (χ0n) is 21.5. The van der Waals surface area contributed by atoms with Crippen LogP contribution in [-0.2, 0) is 4.79 Å². The van der Waals surface area contributed by atoms with E-state index in [-0.39, 0.29) is 27.7 Å². The Hall–Kier alpha value is -4.19. The predicted molar refractivity (Wildman–Crippen MR) is 143 cm³/mol. The Balaban J connectivity index is 2.24. The molecule has 1 heterocycles. The maximum Gasteiger partial charge on any atom is 0.273 e. The lowest BCUT2D eigenvalue weighted by atomic mass is 10.0. The minimum absolute atomic E-state index is 0.0984. The highest BCUT2D eigenvalue weighted by Crippen LogP contribution is 2.39. The summed E-state index contributed by atoms with van der Waals surface area (Å²) in [5.74, 6) is -1.66. The summed E-state index contributed by atoms with van der Waals surface area (Å²) in [6.45, 7) is 4.39. The van der Waals surface area contributed by atoms with E-state index >= 15 is 0 Å². The predicted octanol–water partition coefficient (Wildman–Crippen LogP) is 3.53. The topological polar surface area (TPSA) is 150 Å². The van der Waals surface area contributed by atoms with Gasteiger partial charge in [0.15, 0.2) is 5.69 Å². The Bertz CT molecular complexity index is 1310. The quantitative estimate of drug-likeness (QED) is 0.335. The van der Waals surface area contributed by atoms with Crippen molar-refractivity contribution in [1.82, 2.24) is 9.69 Å². The van der Waals surface area contributed by atoms with E-state index in [0.29, 0.717) is 41.7 Å². The first-order valence-corrected chi connectivity index (χ1v) is 12.5. The van der Waals surface area contributed by atoms with Crippen molar-refractivity contribution in [2.75, 3.05) is 31.4 Å². The SMILES string of the molecule is COc1ccc(N(C(=O)c2snc(C(N)=O)c2N)C(C(=O)NCCC(C)C)c2ccc(F)cc2)c(OC)c1. The van der Waals surface area contributed by atoms with E-state index in [4.69, 9.17) is 20.9 Å². The van der Waals surface area contributed by atoms with Gasteiger partial charge in [0.1, 0.15) is 28.2 Å². The number of nitrogens with zero attached hydrogens (tertiary/aromatic N) is 2. The fourth-order valence-corrected chi connectivity index (χ4v) is 4.47. The molecule has 5 N–H and O–H groups in total. The van der Waals surface area contributed by atoms with Crippen molar-refractivity contribution in [3.05, 3.63) is 64.4 Å². The Morgan fingerprint density at radius 2 is 1.79 bits per heavy atom. The van der Waals surface area contributed by atoms with Gasteiger partial charge in [0, 0.05) is 12.6 Å². The van der Waals surface area contributed by atoms with Crippen LogP contribution in [0, 0.1) is 11.7 Å². The van der Waals surface area contributed by atoms with Crippen LogP contribution in [0.5, 0.6) is 11.5 Å². The summed E-state index contributed by atoms with van der Waals surface area (Å²) in [6, 6.07) is 8.68. The number of amides is 3. The fourth-order valence-electron chi connectivity index (χ4n) is 3.73. The number of benzene rings is 2. The van der Waals surface area contributed by atoms with E-state index in [1.54, 1.807) is 18.2 Å². The van der Waals surface area contributed by atoms with E-state index in [9.17, 15) is 18.8 Å². The van der Waals surface area contributed by atoms with Crippen molar-refractivity contribution < 1.29 is 28.2 Å². The molecule has 12 heteroatoms. The van der Waals surface area contributed by atoms with Gasteiger partial charge in [-0.15, -0.1) is 0 Å². The molecule has 0 saturated carbocycles. The molecule has 3 aromatic rings. The number of carbonyl (C=O) groups is 3. The van der Waals surface area contributed by atoms with E-state index in [0.717, 1.165) is 0 Å². The summed E-state index contributed by atoms with van der Waals surface area (Å²) >= 11 is 0.681. The van der Waals surface area contributed by atoms with Gasteiger partial charge in [-0.3, -0.25) is 19.3 Å². The lowest BCUT2D eigenvalue weighted by Crippen LogP contribution is -2.44. The van der Waals surface area contributed by atoms with Crippen LogP contribution in [0.25, 0.3) is 0 Å². The molecule has 0 aliphatic heterocycles. The number of rotatable bonds is 11. The smallest absolute Gasteiger partial charge is 0.273 e. The van der Waals surface area contributed by atoms with Crippen LogP contribution in [0.3, 0.4) is 0 Å². The minimum atomic E-state index is -1.27. The molecular weight excluding hydrogens is 513 g/mol. The molecule has 0 aliphatic rings. The molecule has 0 radical (unpaired) electrons. The lowest BCUT2D eigenvalue weighted by Gasteiger charge is -2.32. The van der Waals surface area contributed by atoms with Crippen molar-refractivity contribution in [3.8, 4) is 11.5 Å². The molecule has 3 amide bonds. The lowest BCUT2D eigenvalue weighted by molar-refractivity contribution is -0.122. The number of carbonyl (C=O) groups excluding carboxylic acids is 3. The van der Waals surface area contributed by atoms with Crippen LogP contribution in [0.4, 0.5) is 15.8 Å². The third-order valence-electron chi connectivity index (χ3n) is 5.73. The van der Waals surface area contributed by atoms with Crippen molar-refractivity contribution in [2.24, 2.45) is 11.7 Å². The normalized spacial score (nSPS) is 11.6. The molecule has 1 unspecified atom stereocenters. The van der Waals surface area contributed by atoms with Gasteiger partial charge in [-0.1, -0.05) is 26.0 Å². The standard InChI is InChI=1S/C26H30FN5O5S/c1-14(2)11-12-30-25(34)22(15-5-7-16(27)8-6-15)32(18-10-9-17(36-3)13-19(18)37-4)26(35)23-20(28)21(24(29)33)31-38-23/h5-10,13-14,22H,11-12,28H2,1-4H3,(H2,29,33)(H,30,34). The van der Waals surface area contributed by atoms with Gasteiger partial charge in [0.2, 0.25) is 5.91 Å². The second-order valence-electron chi connectivity index (χ2n) is 8.78. The Kier molecular flexibility index (Phi) is 9.24. The summed E-state index contributed by atoms with van der Waals surface area (Å²) in [5.41, 5.74) is 11.5. The third kappa shape index (κ3) is 6.20. The molecule has 1 aromatic heterocycles. The van der Waals surface area contributed by atoms with Gasteiger partial charge in [-0.2, -0.15) is 4.37 Å². The highest BCUT2D eigenvalue weighted by atomic mass is 32.1. The average Bonchev–Trinajstić information content (AvgIpc) is 3.28. The molecule has 0 bridgehead atoms. The molecule has 0 fully saturated rings. The van der Waals surface area contributed by atoms with Crippen LogP contribution in [0.15, 0.2) is 42.5 Å². The van der Waals surface area contributed by atoms with E-state index in [1.807, 2.05) is 13.8 Å². The third-order valence-corrected chi connectivity index (χ3v) is 6.59. The Morgan fingerprint density at radius 3 is 2.34 bits per heavy atom. The summed E-state index contributed by atoms with van der Waals surface area (Å²) in [6.07, 6.45) is 0.700. The van der Waals surface area contributed by atoms with Crippen molar-refractivity contribution >= 4 is 40.6 Å². The number of halogens is 1. The van der Waals surface area contributed by atoms with Crippen LogP contribution >= 0.6 is 11.5 Å². The number of aromatic nitrogens is 1. The van der Waals surface area contributed by atoms with Crippen LogP contribution in [0.1, 0.15) is 52.0 Å². The van der Waals surface area contributed by atoms with Crippen molar-refractivity contribution in [1.29, 1.82) is 0 Å². The van der Waals surface area contributed by atoms with E-state index < -0.39 is 29.6 Å². The Labute approximate surface area is 223 Å². The van der Waals surface area contributed by atoms with Gasteiger partial charge >= 0.3 is 0 Å². The Morgan fingerprint density at radius 1 is 1.11 bits per heavy atom. The van der Waals surface area contributed by atoms with Gasteiger partial charge in [-0.25, -0.2) is 4.39 Å². The number of ether oxygens (including phenoxy) is 2. The van der Waals surface area contributed by atoms with Gasteiger partial charge in [0.25, 0.3) is 11.8 Å². The highest BCUT2D eigenvalue weighted by molar-refractivity contribution is 7.09. The number of nitrogen functional groups attached to an aromatic ring is 1. The summed E-state index contributed by atoms with van der Waals surface area (Å²) in [5, 5.41) is 2.87. The number of nitrogens with two attached hydrogens (primary N) is 2. The second-order valence-corrected chi connectivity index (χ2v) is 9.55. The molecule has 3 rings (SSSR count). The zero-order valence-corrected chi connectivity index (χ0v) is 22.3. The fraction of sp³-hybridized carbons (Fsp3) is 0.308. The van der Waals surface area contributed by atoms with Crippen molar-refractivity contribution in [3.63, 3.8) is 0 Å². The minimum Gasteiger partial charge on any atom is -0.497 e. The molecule has 0 aliphatic carbocycles. The maximum atomic E-state index is 14.1. The summed E-state index contributed by atoms with van der Waals surface area (Å²) < 4.78 is 28.6. The van der Waals surface area contributed by atoms with Gasteiger partial charge in [0.05, 0.1) is 25.6 Å². The van der Waals surface area contributed by atoms with Crippen molar-refractivity contribution in [2.45, 2.75) is 26.3 Å². The second kappa shape index (κ2) is 12.4. The number of anilines is 2. The van der Waals surface area contributed by atoms with Crippen LogP contribution < -0.4 is 31.2 Å². The molecule has 1 atom stereocenters. The molecular formula is C26H30FN5O5S. The first-order chi connectivity index (χ1) is 18.1. The maximum absolute atomic E-state index is 14.1. The number of methoxy groups -OCH3 is 2. The first kappa shape index (κ1) is 28.4. The largest absolute Gasteiger partial charge is 0.497 e.